The second kappa shape index (κ2) is 17.1. The Labute approximate surface area is 361 Å². The molecule has 1 saturated carbocycles. The van der Waals surface area contributed by atoms with Gasteiger partial charge < -0.3 is 24.8 Å². The van der Waals surface area contributed by atoms with Crippen molar-refractivity contribution < 1.29 is 28.7 Å². The van der Waals surface area contributed by atoms with E-state index in [0.29, 0.717) is 44.5 Å². The summed E-state index contributed by atoms with van der Waals surface area (Å²) in [6, 6.07) is 20.4. The molecule has 1 atom stereocenters. The number of benzene rings is 3. The van der Waals surface area contributed by atoms with Gasteiger partial charge in [-0.3, -0.25) is 34.2 Å². The fraction of sp³-hybridized carbons (Fsp3) is 0.489. The van der Waals surface area contributed by atoms with Gasteiger partial charge in [0.25, 0.3) is 17.7 Å². The van der Waals surface area contributed by atoms with Crippen molar-refractivity contribution in [3.8, 4) is 11.8 Å². The van der Waals surface area contributed by atoms with Crippen molar-refractivity contribution in [3.63, 3.8) is 0 Å². The number of rotatable bonds is 8. The van der Waals surface area contributed by atoms with Crippen molar-refractivity contribution in [2.75, 3.05) is 49.1 Å². The Hall–Kier alpha value is -5.45. The molecule has 5 fully saturated rings. The number of fused-ring (bicyclic) bond motifs is 1. The number of anilines is 2. The standard InChI is InChI=1S/C47H52ClN7O6/c48-40-28-37(9-3-31(40)29-49)61-36-10-4-32(5-11-36)50-43(57)30-1-6-33(7-2-30)53-23-17-47(18-24-53)19-25-54(26-20-47)34-15-21-52(22-16-34)35-8-12-38-39(27-35)46(60)55(45(38)59)41-13-14-42(56)51-44(41)58/h1-3,6-9,12,27-28,32,34,36,41H,4-5,10-11,13-26H2,(H,50,57)(H,51,56,58)/t32-,36-,41?. The van der Waals surface area contributed by atoms with Gasteiger partial charge in [0.1, 0.15) is 17.9 Å². The largest absolute Gasteiger partial charge is 0.490 e. The number of likely N-dealkylation sites (tertiary alicyclic amines) is 1. The lowest BCUT2D eigenvalue weighted by atomic mass is 9.71. The lowest BCUT2D eigenvalue weighted by molar-refractivity contribution is -0.136. The molecule has 318 valence electrons. The maximum atomic E-state index is 13.4. The van der Waals surface area contributed by atoms with Crippen molar-refractivity contribution in [3.05, 3.63) is 87.9 Å². The SMILES string of the molecule is N#Cc1ccc(O[C@H]2CC[C@H](NC(=O)c3ccc(N4CCC5(CC4)CCN(C4CCN(c6ccc7c(c6)C(=O)N(C6CCC(=O)NC6=O)C7=O)CC4)CC5)cc3)CC2)cc1Cl. The highest BCUT2D eigenvalue weighted by molar-refractivity contribution is 6.31. The van der Waals surface area contributed by atoms with Crippen LogP contribution in [0.5, 0.6) is 5.75 Å². The summed E-state index contributed by atoms with van der Waals surface area (Å²) in [7, 11) is 0. The Balaban J connectivity index is 0.698. The zero-order valence-corrected chi connectivity index (χ0v) is 35.1. The predicted octanol–water partition coefficient (Wildman–Crippen LogP) is 6.08. The van der Waals surface area contributed by atoms with Gasteiger partial charge in [-0.25, -0.2) is 0 Å². The quantitative estimate of drug-likeness (QED) is 0.255. The third kappa shape index (κ3) is 8.45. The molecule has 6 aliphatic rings. The minimum absolute atomic E-state index is 0.0395. The molecule has 13 nitrogen and oxygen atoms in total. The topological polar surface area (TPSA) is 155 Å². The summed E-state index contributed by atoms with van der Waals surface area (Å²) in [5, 5.41) is 15.0. The van der Waals surface area contributed by atoms with Crippen LogP contribution < -0.4 is 25.2 Å². The number of imide groups is 2. The van der Waals surface area contributed by atoms with Gasteiger partial charge in [0, 0.05) is 67.7 Å². The highest BCUT2D eigenvalue weighted by atomic mass is 35.5. The van der Waals surface area contributed by atoms with Gasteiger partial charge in [-0.15, -0.1) is 0 Å². The molecular formula is C47H52ClN7O6. The van der Waals surface area contributed by atoms with E-state index in [1.807, 2.05) is 18.2 Å². The zero-order valence-electron chi connectivity index (χ0n) is 34.4. The average molecular weight is 846 g/mol. The van der Waals surface area contributed by atoms with E-state index in [9.17, 15) is 24.0 Å². The predicted molar refractivity (Wildman–Crippen MR) is 230 cm³/mol. The number of ether oxygens (including phenoxy) is 1. The molecule has 5 amide bonds. The van der Waals surface area contributed by atoms with Crippen LogP contribution in [-0.2, 0) is 9.59 Å². The molecule has 4 saturated heterocycles. The number of amides is 5. The first-order valence-electron chi connectivity index (χ1n) is 21.9. The maximum absolute atomic E-state index is 13.4. The van der Waals surface area contributed by atoms with Gasteiger partial charge >= 0.3 is 0 Å². The molecule has 3 aromatic rings. The fourth-order valence-corrected chi connectivity index (χ4v) is 10.7. The Morgan fingerprint density at radius 1 is 0.754 bits per heavy atom. The molecule has 1 aliphatic carbocycles. The van der Waals surface area contributed by atoms with Gasteiger partial charge in [-0.1, -0.05) is 11.6 Å². The fourth-order valence-electron chi connectivity index (χ4n) is 10.5. The van der Waals surface area contributed by atoms with E-state index in [1.165, 1.54) is 31.4 Å². The summed E-state index contributed by atoms with van der Waals surface area (Å²) in [6.45, 7) is 6.00. The van der Waals surface area contributed by atoms with Crippen molar-refractivity contribution in [2.24, 2.45) is 5.41 Å². The molecule has 9 rings (SSSR count). The van der Waals surface area contributed by atoms with E-state index in [2.05, 4.69) is 43.5 Å². The minimum Gasteiger partial charge on any atom is -0.490 e. The molecule has 5 aliphatic heterocycles. The summed E-state index contributed by atoms with van der Waals surface area (Å²) < 4.78 is 6.12. The van der Waals surface area contributed by atoms with Crippen LogP contribution in [0.2, 0.25) is 5.02 Å². The summed E-state index contributed by atoms with van der Waals surface area (Å²) in [6.07, 6.45) is 10.5. The van der Waals surface area contributed by atoms with Crippen LogP contribution in [0.1, 0.15) is 114 Å². The molecule has 0 radical (unpaired) electrons. The molecule has 1 unspecified atom stereocenters. The lowest BCUT2D eigenvalue weighted by Gasteiger charge is -2.50. The number of piperidine rings is 4. The first kappa shape index (κ1) is 40.9. The van der Waals surface area contributed by atoms with Crippen LogP contribution in [-0.4, -0.2) is 103 Å². The van der Waals surface area contributed by atoms with Crippen molar-refractivity contribution in [1.82, 2.24) is 20.4 Å². The van der Waals surface area contributed by atoms with E-state index in [1.54, 1.807) is 30.3 Å². The summed E-state index contributed by atoms with van der Waals surface area (Å²) in [5.41, 5.74) is 4.21. The number of nitrogens with zero attached hydrogens (tertiary/aromatic N) is 5. The summed E-state index contributed by atoms with van der Waals surface area (Å²) in [4.78, 5) is 72.3. The second-order valence-corrected chi connectivity index (χ2v) is 18.2. The number of hydrogen-bond acceptors (Lipinski definition) is 10. The third-order valence-electron chi connectivity index (χ3n) is 14.3. The number of carbonyl (C=O) groups excluding carboxylic acids is 5. The number of halogens is 1. The Bertz CT molecular complexity index is 2240. The molecule has 1 spiro atoms. The first-order valence-corrected chi connectivity index (χ1v) is 22.3. The van der Waals surface area contributed by atoms with Gasteiger partial charge in [-0.2, -0.15) is 5.26 Å². The summed E-state index contributed by atoms with van der Waals surface area (Å²) >= 11 is 6.17. The van der Waals surface area contributed by atoms with Crippen LogP contribution in [0.25, 0.3) is 0 Å². The van der Waals surface area contributed by atoms with Crippen LogP contribution in [0.3, 0.4) is 0 Å². The molecule has 14 heteroatoms. The number of carbonyl (C=O) groups is 5. The van der Waals surface area contributed by atoms with Gasteiger partial charge in [0.2, 0.25) is 11.8 Å². The molecule has 2 N–H and O–H groups in total. The molecule has 5 heterocycles. The maximum Gasteiger partial charge on any atom is 0.262 e. The van der Waals surface area contributed by atoms with E-state index in [4.69, 9.17) is 21.6 Å². The normalized spacial score (nSPS) is 24.7. The minimum atomic E-state index is -0.963. The zero-order chi connectivity index (χ0) is 42.3. The molecule has 3 aromatic carbocycles. The van der Waals surface area contributed by atoms with Crippen LogP contribution in [0, 0.1) is 16.7 Å². The van der Waals surface area contributed by atoms with E-state index >= 15 is 0 Å². The van der Waals surface area contributed by atoms with E-state index in [-0.39, 0.29) is 36.8 Å². The smallest absolute Gasteiger partial charge is 0.262 e. The lowest BCUT2D eigenvalue weighted by Crippen LogP contribution is -2.54. The van der Waals surface area contributed by atoms with Crippen molar-refractivity contribution in [1.29, 1.82) is 5.26 Å². The molecule has 0 aromatic heterocycles. The van der Waals surface area contributed by atoms with Gasteiger partial charge in [-0.05, 0) is 144 Å². The monoisotopic (exact) mass is 845 g/mol. The average Bonchev–Trinajstić information content (AvgIpc) is 3.52. The second-order valence-electron chi connectivity index (χ2n) is 17.8. The highest BCUT2D eigenvalue weighted by Crippen LogP contribution is 2.43. The van der Waals surface area contributed by atoms with Crippen molar-refractivity contribution in [2.45, 2.75) is 101 Å². The van der Waals surface area contributed by atoms with Gasteiger partial charge in [0.05, 0.1) is 27.8 Å². The van der Waals surface area contributed by atoms with Crippen LogP contribution >= 0.6 is 11.6 Å². The number of nitrogens with one attached hydrogen (secondary N) is 2. The molecular weight excluding hydrogens is 794 g/mol. The van der Waals surface area contributed by atoms with Gasteiger partial charge in [0.15, 0.2) is 0 Å². The molecule has 0 bridgehead atoms. The Morgan fingerprint density at radius 3 is 2.08 bits per heavy atom. The third-order valence-corrected chi connectivity index (χ3v) is 14.6. The first-order chi connectivity index (χ1) is 29.6. The Morgan fingerprint density at radius 2 is 1.41 bits per heavy atom. The van der Waals surface area contributed by atoms with Crippen LogP contribution in [0.15, 0.2) is 60.7 Å². The Kier molecular flexibility index (Phi) is 11.5. The van der Waals surface area contributed by atoms with Crippen LogP contribution in [0.4, 0.5) is 11.4 Å². The summed E-state index contributed by atoms with van der Waals surface area (Å²) in [5.74, 6) is -1.30. The van der Waals surface area contributed by atoms with E-state index < -0.39 is 23.8 Å². The number of nitriles is 1. The highest BCUT2D eigenvalue weighted by Gasteiger charge is 2.45. The van der Waals surface area contributed by atoms with E-state index in [0.717, 1.165) is 88.4 Å². The molecule has 61 heavy (non-hydrogen) atoms. The van der Waals surface area contributed by atoms with Crippen molar-refractivity contribution >= 4 is 52.5 Å². The number of hydrogen-bond donors (Lipinski definition) is 2.